The molecule has 0 rings (SSSR count). The lowest BCUT2D eigenvalue weighted by Crippen LogP contribution is -2.24. The first-order valence-electron chi connectivity index (χ1n) is 14.7. The molecule has 0 aliphatic rings. The number of nitrogens with one attached hydrogen (secondary N) is 1. The molecule has 1 amide bonds. The van der Waals surface area contributed by atoms with Crippen LogP contribution in [0.3, 0.4) is 0 Å². The third-order valence-corrected chi connectivity index (χ3v) is 6.89. The first kappa shape index (κ1) is 32.4. The van der Waals surface area contributed by atoms with Crippen molar-refractivity contribution in [2.45, 2.75) is 155 Å². The Labute approximate surface area is 206 Å². The average Bonchev–Trinajstić information content (AvgIpc) is 2.83. The van der Waals surface area contributed by atoms with Gasteiger partial charge in [-0.3, -0.25) is 4.79 Å². The van der Waals surface area contributed by atoms with E-state index >= 15 is 0 Å². The van der Waals surface area contributed by atoms with Crippen molar-refractivity contribution >= 4 is 5.91 Å². The fraction of sp³-hybridized carbons (Fsp3) is 0.966. The SMILES string of the molecule is CCCCCCCCCCCCCCCCCCCCCC(=O)NCCCCC(CO)CO. The van der Waals surface area contributed by atoms with Gasteiger partial charge in [-0.2, -0.15) is 0 Å². The minimum atomic E-state index is -0.00904. The topological polar surface area (TPSA) is 69.6 Å². The zero-order valence-corrected chi connectivity index (χ0v) is 22.3. The molecule has 4 nitrogen and oxygen atoms in total. The molecule has 0 fully saturated rings. The third kappa shape index (κ3) is 25.8. The van der Waals surface area contributed by atoms with Gasteiger partial charge in [0.15, 0.2) is 0 Å². The molecule has 3 N–H and O–H groups in total. The largest absolute Gasteiger partial charge is 0.396 e. The minimum Gasteiger partial charge on any atom is -0.396 e. The molecule has 0 spiro atoms. The zero-order valence-electron chi connectivity index (χ0n) is 22.3. The molecule has 0 bridgehead atoms. The van der Waals surface area contributed by atoms with Crippen LogP contribution in [-0.4, -0.2) is 35.9 Å². The van der Waals surface area contributed by atoms with Gasteiger partial charge in [0.1, 0.15) is 0 Å². The lowest BCUT2D eigenvalue weighted by Gasteiger charge is -2.10. The molecule has 0 unspecified atom stereocenters. The molecule has 0 radical (unpaired) electrons. The monoisotopic (exact) mass is 469 g/mol. The first-order chi connectivity index (χ1) is 16.2. The van der Waals surface area contributed by atoms with Crippen molar-refractivity contribution in [2.24, 2.45) is 5.92 Å². The molecule has 0 aromatic rings. The molecule has 4 heteroatoms. The summed E-state index contributed by atoms with van der Waals surface area (Å²) in [7, 11) is 0. The summed E-state index contributed by atoms with van der Waals surface area (Å²) in [5, 5.41) is 21.0. The molecule has 33 heavy (non-hydrogen) atoms. The summed E-state index contributed by atoms with van der Waals surface area (Å²) in [6, 6.07) is 0. The minimum absolute atomic E-state index is 0.00904. The second-order valence-electron chi connectivity index (χ2n) is 10.2. The van der Waals surface area contributed by atoms with E-state index in [1.165, 1.54) is 116 Å². The van der Waals surface area contributed by atoms with Gasteiger partial charge in [-0.25, -0.2) is 0 Å². The van der Waals surface area contributed by atoms with Gasteiger partial charge in [-0.1, -0.05) is 129 Å². The number of carbonyl (C=O) groups is 1. The maximum atomic E-state index is 11.8. The van der Waals surface area contributed by atoms with Crippen molar-refractivity contribution in [1.82, 2.24) is 5.32 Å². The predicted octanol–water partition coefficient (Wildman–Crippen LogP) is 7.70. The average molecular weight is 470 g/mol. The number of unbranched alkanes of at least 4 members (excludes halogenated alkanes) is 19. The van der Waals surface area contributed by atoms with Gasteiger partial charge in [-0.05, 0) is 19.3 Å². The number of aliphatic hydroxyl groups is 2. The first-order valence-corrected chi connectivity index (χ1v) is 14.7. The van der Waals surface area contributed by atoms with Crippen LogP contribution in [0.4, 0.5) is 0 Å². The number of rotatable bonds is 27. The van der Waals surface area contributed by atoms with E-state index < -0.39 is 0 Å². The summed E-state index contributed by atoms with van der Waals surface area (Å²) in [5.74, 6) is 0.160. The van der Waals surface area contributed by atoms with Crippen LogP contribution < -0.4 is 5.32 Å². The quantitative estimate of drug-likeness (QED) is 0.108. The Hall–Kier alpha value is -0.610. The van der Waals surface area contributed by atoms with Gasteiger partial charge in [0.05, 0.1) is 0 Å². The molecule has 0 aliphatic heterocycles. The van der Waals surface area contributed by atoms with Crippen molar-refractivity contribution in [1.29, 1.82) is 0 Å². The van der Waals surface area contributed by atoms with E-state index in [0.29, 0.717) is 13.0 Å². The van der Waals surface area contributed by atoms with Crippen LogP contribution in [0.15, 0.2) is 0 Å². The maximum absolute atomic E-state index is 11.8. The highest BCUT2D eigenvalue weighted by Gasteiger charge is 2.05. The molecule has 0 saturated carbocycles. The maximum Gasteiger partial charge on any atom is 0.219 e. The highest BCUT2D eigenvalue weighted by atomic mass is 16.3. The molecule has 0 heterocycles. The Morgan fingerprint density at radius 1 is 0.576 bits per heavy atom. The van der Waals surface area contributed by atoms with E-state index in [1.807, 2.05) is 0 Å². The summed E-state index contributed by atoms with van der Waals surface area (Å²) >= 11 is 0. The van der Waals surface area contributed by atoms with Gasteiger partial charge < -0.3 is 15.5 Å². The van der Waals surface area contributed by atoms with E-state index in [9.17, 15) is 4.79 Å². The molecular formula is C29H59NO3. The summed E-state index contributed by atoms with van der Waals surface area (Å²) in [6.45, 7) is 3.08. The highest BCUT2D eigenvalue weighted by Crippen LogP contribution is 2.15. The fourth-order valence-electron chi connectivity index (χ4n) is 4.48. The Kier molecular flexibility index (Phi) is 27.1. The molecule has 0 aromatic carbocycles. The Morgan fingerprint density at radius 3 is 1.36 bits per heavy atom. The molecular weight excluding hydrogens is 410 g/mol. The second-order valence-corrected chi connectivity index (χ2v) is 10.2. The summed E-state index contributed by atoms with van der Waals surface area (Å²) in [5.41, 5.74) is 0. The lowest BCUT2D eigenvalue weighted by molar-refractivity contribution is -0.121. The number of amides is 1. The van der Waals surface area contributed by atoms with Crippen LogP contribution in [0.1, 0.15) is 155 Å². The van der Waals surface area contributed by atoms with E-state index in [0.717, 1.165) is 25.7 Å². The molecule has 0 aliphatic carbocycles. The third-order valence-electron chi connectivity index (χ3n) is 6.89. The number of carbonyl (C=O) groups excluding carboxylic acids is 1. The van der Waals surface area contributed by atoms with Crippen LogP contribution in [0, 0.1) is 5.92 Å². The van der Waals surface area contributed by atoms with Gasteiger partial charge >= 0.3 is 0 Å². The Bertz CT molecular complexity index is 385. The van der Waals surface area contributed by atoms with E-state index in [2.05, 4.69) is 12.2 Å². The number of aliphatic hydroxyl groups excluding tert-OH is 2. The Morgan fingerprint density at radius 2 is 0.970 bits per heavy atom. The van der Waals surface area contributed by atoms with Gasteiger partial charge in [-0.15, -0.1) is 0 Å². The van der Waals surface area contributed by atoms with Crippen LogP contribution in [-0.2, 0) is 4.79 Å². The Balaban J connectivity index is 3.17. The summed E-state index contributed by atoms with van der Waals surface area (Å²) in [4.78, 5) is 11.8. The van der Waals surface area contributed by atoms with E-state index in [-0.39, 0.29) is 25.0 Å². The van der Waals surface area contributed by atoms with Gasteiger partial charge in [0.25, 0.3) is 0 Å². The van der Waals surface area contributed by atoms with Crippen molar-refractivity contribution < 1.29 is 15.0 Å². The van der Waals surface area contributed by atoms with Gasteiger partial charge in [0, 0.05) is 32.1 Å². The number of hydrogen-bond donors (Lipinski definition) is 3. The van der Waals surface area contributed by atoms with Crippen molar-refractivity contribution in [3.05, 3.63) is 0 Å². The highest BCUT2D eigenvalue weighted by molar-refractivity contribution is 5.75. The molecule has 0 atom stereocenters. The summed E-state index contributed by atoms with van der Waals surface area (Å²) in [6.07, 6.45) is 29.4. The van der Waals surface area contributed by atoms with Crippen molar-refractivity contribution in [3.8, 4) is 0 Å². The van der Waals surface area contributed by atoms with Gasteiger partial charge in [0.2, 0.25) is 5.91 Å². The second kappa shape index (κ2) is 27.6. The fourth-order valence-corrected chi connectivity index (χ4v) is 4.48. The molecule has 0 aromatic heterocycles. The predicted molar refractivity (Wildman–Crippen MR) is 143 cm³/mol. The van der Waals surface area contributed by atoms with Crippen LogP contribution in [0.5, 0.6) is 0 Å². The van der Waals surface area contributed by atoms with Crippen molar-refractivity contribution in [3.63, 3.8) is 0 Å². The standard InChI is InChI=1S/C29H59NO3/c1-2-3-4-5-6-7-8-9-10-11-12-13-14-15-16-17-18-19-20-24-29(33)30-25-22-21-23-28(26-31)27-32/h28,31-32H,2-27H2,1H3,(H,30,33). The van der Waals surface area contributed by atoms with Crippen molar-refractivity contribution in [2.75, 3.05) is 19.8 Å². The van der Waals surface area contributed by atoms with Crippen LogP contribution in [0.25, 0.3) is 0 Å². The lowest BCUT2D eigenvalue weighted by atomic mass is 10.0. The molecule has 198 valence electrons. The zero-order chi connectivity index (χ0) is 24.2. The van der Waals surface area contributed by atoms with E-state index in [1.54, 1.807) is 0 Å². The normalized spacial score (nSPS) is 11.4. The summed E-state index contributed by atoms with van der Waals surface area (Å²) < 4.78 is 0. The molecule has 0 saturated heterocycles. The van der Waals surface area contributed by atoms with E-state index in [4.69, 9.17) is 10.2 Å². The smallest absolute Gasteiger partial charge is 0.219 e. The van der Waals surface area contributed by atoms with Crippen LogP contribution >= 0.6 is 0 Å². The van der Waals surface area contributed by atoms with Crippen LogP contribution in [0.2, 0.25) is 0 Å². The number of hydrogen-bond acceptors (Lipinski definition) is 3.